The minimum Gasteiger partial charge on any atom is -0.276 e. The zero-order valence-electron chi connectivity index (χ0n) is 12.9. The fourth-order valence-electron chi connectivity index (χ4n) is 3.45. The van der Waals surface area contributed by atoms with E-state index in [2.05, 4.69) is 41.8 Å². The normalized spacial score (nSPS) is 17.6. The minimum absolute atomic E-state index is 0.158. The van der Waals surface area contributed by atoms with Crippen LogP contribution in [0.4, 0.5) is 11.5 Å². The molecule has 0 fully saturated rings. The third kappa shape index (κ3) is 1.85. The van der Waals surface area contributed by atoms with Gasteiger partial charge in [0.05, 0.1) is 22.2 Å². The Balaban J connectivity index is 1.78. The quantitative estimate of drug-likeness (QED) is 0.527. The molecule has 0 radical (unpaired) electrons. The lowest BCUT2D eigenvalue weighted by Gasteiger charge is -2.20. The van der Waals surface area contributed by atoms with E-state index in [1.54, 1.807) is 11.3 Å². The average Bonchev–Trinajstić information content (AvgIpc) is 3.14. The zero-order valence-corrected chi connectivity index (χ0v) is 14.6. The molecule has 116 valence electrons. The van der Waals surface area contributed by atoms with E-state index in [-0.39, 0.29) is 5.92 Å². The molecule has 0 aliphatic carbocycles. The summed E-state index contributed by atoms with van der Waals surface area (Å²) in [6, 6.07) is 18.5. The van der Waals surface area contributed by atoms with Crippen LogP contribution in [0.5, 0.6) is 0 Å². The first-order chi connectivity index (χ1) is 11.7. The first-order valence-corrected chi connectivity index (χ1v) is 9.01. The Kier molecular flexibility index (Phi) is 2.96. The van der Waals surface area contributed by atoms with Crippen LogP contribution in [0.2, 0.25) is 0 Å². The van der Waals surface area contributed by atoms with Crippen LogP contribution in [0.25, 0.3) is 5.69 Å². The van der Waals surface area contributed by atoms with Crippen molar-refractivity contribution in [3.05, 3.63) is 69.0 Å². The van der Waals surface area contributed by atoms with Gasteiger partial charge in [-0.15, -0.1) is 11.3 Å². The SMILES string of the molecule is CC1=Nc2c(sc(=S)n2-c2ccccc2)C2=Nc3ccccc3C12. The van der Waals surface area contributed by atoms with Gasteiger partial charge in [-0.1, -0.05) is 36.4 Å². The van der Waals surface area contributed by atoms with E-state index < -0.39 is 0 Å². The van der Waals surface area contributed by atoms with Crippen LogP contribution in [0, 0.1) is 3.95 Å². The predicted octanol–water partition coefficient (Wildman–Crippen LogP) is 5.59. The van der Waals surface area contributed by atoms with Crippen LogP contribution >= 0.6 is 23.6 Å². The summed E-state index contributed by atoms with van der Waals surface area (Å²) < 4.78 is 2.86. The molecule has 3 heterocycles. The van der Waals surface area contributed by atoms with E-state index >= 15 is 0 Å². The van der Waals surface area contributed by atoms with Crippen molar-refractivity contribution in [2.75, 3.05) is 0 Å². The topological polar surface area (TPSA) is 29.6 Å². The van der Waals surface area contributed by atoms with E-state index in [1.165, 1.54) is 5.56 Å². The molecule has 1 unspecified atom stereocenters. The fraction of sp³-hybridized carbons (Fsp3) is 0.105. The number of benzene rings is 2. The largest absolute Gasteiger partial charge is 0.276 e. The maximum atomic E-state index is 5.64. The standard InChI is InChI=1S/C19H13N3S2/c1-11-15-13-9-5-6-10-14(13)21-16(15)17-18(20-11)22(19(23)24-17)12-7-3-2-4-8-12/h2-10,15H,1H3. The highest BCUT2D eigenvalue weighted by Crippen LogP contribution is 2.46. The zero-order chi connectivity index (χ0) is 16.3. The molecule has 0 amide bonds. The summed E-state index contributed by atoms with van der Waals surface area (Å²) in [6.07, 6.45) is 0. The summed E-state index contributed by atoms with van der Waals surface area (Å²) in [7, 11) is 0. The molecule has 1 aromatic heterocycles. The summed E-state index contributed by atoms with van der Waals surface area (Å²) in [5.41, 5.74) is 5.50. The van der Waals surface area contributed by atoms with Crippen molar-refractivity contribution in [3.8, 4) is 5.69 Å². The highest BCUT2D eigenvalue weighted by Gasteiger charge is 2.37. The lowest BCUT2D eigenvalue weighted by molar-refractivity contribution is 1.04. The number of rotatable bonds is 1. The third-order valence-corrected chi connectivity index (χ3v) is 5.88. The molecule has 0 saturated heterocycles. The van der Waals surface area contributed by atoms with Crippen LogP contribution in [-0.2, 0) is 0 Å². The number of hydrogen-bond acceptors (Lipinski definition) is 4. The van der Waals surface area contributed by atoms with E-state index in [4.69, 9.17) is 22.2 Å². The fourth-order valence-corrected chi connectivity index (χ4v) is 4.85. The van der Waals surface area contributed by atoms with Crippen molar-refractivity contribution in [3.63, 3.8) is 0 Å². The smallest absolute Gasteiger partial charge is 0.168 e. The van der Waals surface area contributed by atoms with Gasteiger partial charge in [-0.2, -0.15) is 0 Å². The maximum absolute atomic E-state index is 5.64. The van der Waals surface area contributed by atoms with Gasteiger partial charge in [0.25, 0.3) is 0 Å². The Hall–Kier alpha value is -2.37. The van der Waals surface area contributed by atoms with E-state index in [0.29, 0.717) is 0 Å². The van der Waals surface area contributed by atoms with Gasteiger partial charge in [0.1, 0.15) is 0 Å². The molecule has 5 rings (SSSR count). The van der Waals surface area contributed by atoms with Crippen molar-refractivity contribution >= 4 is 46.5 Å². The number of para-hydroxylation sites is 2. The van der Waals surface area contributed by atoms with Crippen molar-refractivity contribution in [1.82, 2.24) is 4.57 Å². The molecule has 2 aliphatic rings. The third-order valence-electron chi connectivity index (χ3n) is 4.50. The molecule has 2 aromatic carbocycles. The highest BCUT2D eigenvalue weighted by atomic mass is 32.1. The number of fused-ring (bicyclic) bond motifs is 5. The summed E-state index contributed by atoms with van der Waals surface area (Å²) in [5.74, 6) is 1.07. The Morgan fingerprint density at radius 2 is 1.75 bits per heavy atom. The summed E-state index contributed by atoms with van der Waals surface area (Å²) in [5, 5.41) is 0. The van der Waals surface area contributed by atoms with Crippen LogP contribution in [0.1, 0.15) is 23.3 Å². The van der Waals surface area contributed by atoms with Gasteiger partial charge in [-0.05, 0) is 42.9 Å². The van der Waals surface area contributed by atoms with Gasteiger partial charge in [-0.3, -0.25) is 9.56 Å². The second-order valence-corrected chi connectivity index (χ2v) is 7.58. The molecule has 2 aliphatic heterocycles. The lowest BCUT2D eigenvalue weighted by atomic mass is 9.89. The van der Waals surface area contributed by atoms with Crippen molar-refractivity contribution in [2.24, 2.45) is 9.98 Å². The van der Waals surface area contributed by atoms with Gasteiger partial charge < -0.3 is 0 Å². The molecule has 0 bridgehead atoms. The van der Waals surface area contributed by atoms with Gasteiger partial charge in [0, 0.05) is 11.4 Å². The van der Waals surface area contributed by atoms with Crippen molar-refractivity contribution in [2.45, 2.75) is 12.8 Å². The van der Waals surface area contributed by atoms with E-state index in [1.807, 2.05) is 24.3 Å². The number of hydrogen-bond donors (Lipinski definition) is 0. The number of aliphatic imine (C=N–C) groups is 2. The second-order valence-electron chi connectivity index (χ2n) is 5.93. The second kappa shape index (κ2) is 5.06. The van der Waals surface area contributed by atoms with Crippen molar-refractivity contribution < 1.29 is 0 Å². The van der Waals surface area contributed by atoms with Crippen LogP contribution in [-0.4, -0.2) is 16.0 Å². The molecule has 0 spiro atoms. The van der Waals surface area contributed by atoms with Crippen LogP contribution in [0.15, 0.2) is 64.6 Å². The first kappa shape index (κ1) is 14.0. The molecule has 0 N–H and O–H groups in total. The summed E-state index contributed by atoms with van der Waals surface area (Å²) in [6.45, 7) is 2.08. The number of nitrogens with zero attached hydrogens (tertiary/aromatic N) is 3. The van der Waals surface area contributed by atoms with E-state index in [0.717, 1.165) is 37.4 Å². The first-order valence-electron chi connectivity index (χ1n) is 7.78. The number of aromatic nitrogens is 1. The summed E-state index contributed by atoms with van der Waals surface area (Å²) >= 11 is 7.25. The Labute approximate surface area is 148 Å². The Bertz CT molecular complexity index is 1090. The molecule has 24 heavy (non-hydrogen) atoms. The highest BCUT2D eigenvalue weighted by molar-refractivity contribution is 7.73. The molecule has 1 atom stereocenters. The van der Waals surface area contributed by atoms with E-state index in [9.17, 15) is 0 Å². The Morgan fingerprint density at radius 3 is 2.58 bits per heavy atom. The van der Waals surface area contributed by atoms with Gasteiger partial charge in [-0.25, -0.2) is 4.99 Å². The molecular formula is C19H13N3S2. The maximum Gasteiger partial charge on any atom is 0.168 e. The number of thiazole rings is 1. The molecule has 3 nitrogen and oxygen atoms in total. The monoisotopic (exact) mass is 347 g/mol. The van der Waals surface area contributed by atoms with Crippen LogP contribution < -0.4 is 0 Å². The Morgan fingerprint density at radius 1 is 1.00 bits per heavy atom. The molecule has 0 saturated carbocycles. The van der Waals surface area contributed by atoms with Crippen molar-refractivity contribution in [1.29, 1.82) is 0 Å². The van der Waals surface area contributed by atoms with Crippen LogP contribution in [0.3, 0.4) is 0 Å². The molecule has 3 aromatic rings. The average molecular weight is 347 g/mol. The molecular weight excluding hydrogens is 334 g/mol. The predicted molar refractivity (Wildman–Crippen MR) is 103 cm³/mol. The lowest BCUT2D eigenvalue weighted by Crippen LogP contribution is -2.20. The van der Waals surface area contributed by atoms with Gasteiger partial charge >= 0.3 is 0 Å². The summed E-state index contributed by atoms with van der Waals surface area (Å²) in [4.78, 5) is 10.9. The molecule has 5 heteroatoms. The van der Waals surface area contributed by atoms with Gasteiger partial charge in [0.2, 0.25) is 0 Å². The van der Waals surface area contributed by atoms with Gasteiger partial charge in [0.15, 0.2) is 9.77 Å². The minimum atomic E-state index is 0.158.